The van der Waals surface area contributed by atoms with Crippen LogP contribution in [0.3, 0.4) is 0 Å². The van der Waals surface area contributed by atoms with Crippen molar-refractivity contribution in [1.82, 2.24) is 9.55 Å². The van der Waals surface area contributed by atoms with Gasteiger partial charge in [0.2, 0.25) is 5.91 Å². The molecule has 0 saturated heterocycles. The summed E-state index contributed by atoms with van der Waals surface area (Å²) >= 11 is 1.57. The van der Waals surface area contributed by atoms with Crippen LogP contribution in [-0.2, 0) is 6.54 Å². The lowest BCUT2D eigenvalue weighted by atomic mass is 10.1. The van der Waals surface area contributed by atoms with Gasteiger partial charge in [-0.3, -0.25) is 4.79 Å². The molecule has 2 N–H and O–H groups in total. The van der Waals surface area contributed by atoms with Crippen LogP contribution in [0.25, 0.3) is 10.7 Å². The maximum Gasteiger partial charge on any atom is 0.248 e. The maximum absolute atomic E-state index is 13.9. The molecule has 1 aromatic carbocycles. The minimum atomic E-state index is -0.569. The molecular weight excluding hydrogens is 289 g/mol. The van der Waals surface area contributed by atoms with E-state index < -0.39 is 5.91 Å². The molecule has 0 aliphatic rings. The van der Waals surface area contributed by atoms with Gasteiger partial charge in [0.1, 0.15) is 11.6 Å². The molecule has 3 rings (SSSR count). The molecular formula is C15H12FN3OS. The Labute approximate surface area is 124 Å². The highest BCUT2D eigenvalue weighted by Gasteiger charge is 2.11. The lowest BCUT2D eigenvalue weighted by Crippen LogP contribution is -2.12. The number of imidazole rings is 1. The van der Waals surface area contributed by atoms with Crippen molar-refractivity contribution >= 4 is 17.2 Å². The summed E-state index contributed by atoms with van der Waals surface area (Å²) < 4.78 is 15.8. The zero-order valence-electron chi connectivity index (χ0n) is 11.0. The van der Waals surface area contributed by atoms with Crippen LogP contribution in [0.5, 0.6) is 0 Å². The van der Waals surface area contributed by atoms with Gasteiger partial charge >= 0.3 is 0 Å². The first-order valence-corrected chi connectivity index (χ1v) is 7.16. The first-order chi connectivity index (χ1) is 10.1. The maximum atomic E-state index is 13.9. The number of carbonyl (C=O) groups is 1. The number of halogens is 1. The van der Waals surface area contributed by atoms with Gasteiger partial charge in [-0.2, -0.15) is 0 Å². The molecule has 0 unspecified atom stereocenters. The number of carbonyl (C=O) groups excluding carboxylic acids is 1. The molecule has 0 atom stereocenters. The summed E-state index contributed by atoms with van der Waals surface area (Å²) in [6.45, 7) is 0.292. The van der Waals surface area contributed by atoms with Crippen molar-refractivity contribution in [1.29, 1.82) is 0 Å². The van der Waals surface area contributed by atoms with Crippen LogP contribution < -0.4 is 5.73 Å². The van der Waals surface area contributed by atoms with E-state index in [-0.39, 0.29) is 5.82 Å². The summed E-state index contributed by atoms with van der Waals surface area (Å²) in [6.07, 6.45) is 3.45. The molecule has 0 bridgehead atoms. The first kappa shape index (κ1) is 13.5. The number of nitrogens with two attached hydrogens (primary N) is 1. The SMILES string of the molecule is NC(=O)c1ccc(F)c(Cn2ccnc2-c2cccs2)c1. The Morgan fingerprint density at radius 2 is 2.24 bits per heavy atom. The third-order valence-electron chi connectivity index (χ3n) is 3.13. The molecule has 6 heteroatoms. The van der Waals surface area contributed by atoms with Gasteiger partial charge in [0.25, 0.3) is 0 Å². The van der Waals surface area contributed by atoms with Gasteiger partial charge < -0.3 is 10.3 Å². The monoisotopic (exact) mass is 301 g/mol. The standard InChI is InChI=1S/C15H12FN3OS/c16-12-4-3-10(14(17)20)8-11(12)9-19-6-5-18-15(19)13-2-1-7-21-13/h1-8H,9H2,(H2,17,20). The number of rotatable bonds is 4. The van der Waals surface area contributed by atoms with Gasteiger partial charge in [-0.05, 0) is 29.6 Å². The Morgan fingerprint density at radius 1 is 1.38 bits per heavy atom. The highest BCUT2D eigenvalue weighted by Crippen LogP contribution is 2.24. The van der Waals surface area contributed by atoms with E-state index in [1.54, 1.807) is 23.7 Å². The van der Waals surface area contributed by atoms with E-state index in [1.807, 2.05) is 22.1 Å². The quantitative estimate of drug-likeness (QED) is 0.805. The van der Waals surface area contributed by atoms with Crippen LogP contribution in [0.4, 0.5) is 4.39 Å². The third kappa shape index (κ3) is 2.71. The molecule has 4 nitrogen and oxygen atoms in total. The van der Waals surface area contributed by atoms with Crippen LogP contribution in [0.1, 0.15) is 15.9 Å². The predicted molar refractivity (Wildman–Crippen MR) is 79.6 cm³/mol. The van der Waals surface area contributed by atoms with Crippen molar-refractivity contribution in [2.75, 3.05) is 0 Å². The van der Waals surface area contributed by atoms with Crippen molar-refractivity contribution in [3.63, 3.8) is 0 Å². The lowest BCUT2D eigenvalue weighted by Gasteiger charge is -2.09. The number of thiophene rings is 1. The van der Waals surface area contributed by atoms with Crippen LogP contribution in [0.15, 0.2) is 48.1 Å². The zero-order valence-corrected chi connectivity index (χ0v) is 11.8. The summed E-state index contributed by atoms with van der Waals surface area (Å²) in [5.74, 6) is -0.167. The van der Waals surface area contributed by atoms with Gasteiger partial charge in [-0.1, -0.05) is 6.07 Å². The molecule has 3 aromatic rings. The molecule has 1 amide bonds. The minimum Gasteiger partial charge on any atom is -0.366 e. The average molecular weight is 301 g/mol. The van der Waals surface area contributed by atoms with E-state index in [0.717, 1.165) is 10.7 Å². The van der Waals surface area contributed by atoms with Crippen LogP contribution in [0, 0.1) is 5.82 Å². The minimum absolute atomic E-state index is 0.292. The van der Waals surface area contributed by atoms with E-state index in [1.165, 1.54) is 18.2 Å². The molecule has 21 heavy (non-hydrogen) atoms. The average Bonchev–Trinajstić information content (AvgIpc) is 3.11. The summed E-state index contributed by atoms with van der Waals surface area (Å²) in [6, 6.07) is 8.02. The number of benzene rings is 1. The normalized spacial score (nSPS) is 10.7. The van der Waals surface area contributed by atoms with E-state index in [2.05, 4.69) is 4.98 Å². The topological polar surface area (TPSA) is 60.9 Å². The second-order valence-electron chi connectivity index (χ2n) is 4.53. The van der Waals surface area contributed by atoms with Gasteiger partial charge in [-0.15, -0.1) is 11.3 Å². The molecule has 0 saturated carbocycles. The van der Waals surface area contributed by atoms with Gasteiger partial charge in [0, 0.05) is 23.5 Å². The van der Waals surface area contributed by atoms with Crippen LogP contribution >= 0.6 is 11.3 Å². The van der Waals surface area contributed by atoms with Crippen molar-refractivity contribution in [3.8, 4) is 10.7 Å². The van der Waals surface area contributed by atoms with E-state index in [0.29, 0.717) is 17.7 Å². The van der Waals surface area contributed by atoms with E-state index >= 15 is 0 Å². The van der Waals surface area contributed by atoms with Gasteiger partial charge in [0.15, 0.2) is 0 Å². The van der Waals surface area contributed by atoms with Crippen LogP contribution in [0.2, 0.25) is 0 Å². The molecule has 0 fully saturated rings. The lowest BCUT2D eigenvalue weighted by molar-refractivity contribution is 0.1000. The van der Waals surface area contributed by atoms with Gasteiger partial charge in [-0.25, -0.2) is 9.37 Å². The molecule has 106 valence electrons. The van der Waals surface area contributed by atoms with Gasteiger partial charge in [0.05, 0.1) is 11.4 Å². The second-order valence-corrected chi connectivity index (χ2v) is 5.47. The van der Waals surface area contributed by atoms with Crippen molar-refractivity contribution < 1.29 is 9.18 Å². The molecule has 0 aliphatic carbocycles. The Balaban J connectivity index is 1.96. The zero-order chi connectivity index (χ0) is 14.8. The molecule has 2 aromatic heterocycles. The summed E-state index contributed by atoms with van der Waals surface area (Å²) in [7, 11) is 0. The fourth-order valence-electron chi connectivity index (χ4n) is 2.10. The highest BCUT2D eigenvalue weighted by atomic mass is 32.1. The summed E-state index contributed by atoms with van der Waals surface area (Å²) in [5, 5.41) is 1.96. The van der Waals surface area contributed by atoms with Crippen molar-refractivity contribution in [2.45, 2.75) is 6.54 Å². The van der Waals surface area contributed by atoms with Crippen molar-refractivity contribution in [3.05, 3.63) is 65.0 Å². The number of primary amides is 1. The third-order valence-corrected chi connectivity index (χ3v) is 3.99. The molecule has 0 spiro atoms. The Hall–Kier alpha value is -2.47. The smallest absolute Gasteiger partial charge is 0.248 e. The molecule has 0 radical (unpaired) electrons. The van der Waals surface area contributed by atoms with Crippen LogP contribution in [-0.4, -0.2) is 15.5 Å². The molecule has 0 aliphatic heterocycles. The summed E-state index contributed by atoms with van der Waals surface area (Å²) in [4.78, 5) is 16.5. The second kappa shape index (κ2) is 5.49. The van der Waals surface area contributed by atoms with Crippen molar-refractivity contribution in [2.24, 2.45) is 5.73 Å². The first-order valence-electron chi connectivity index (χ1n) is 6.28. The fourth-order valence-corrected chi connectivity index (χ4v) is 2.84. The fraction of sp³-hybridized carbons (Fsp3) is 0.0667. The summed E-state index contributed by atoms with van der Waals surface area (Å²) in [5.41, 5.74) is 5.93. The molecule has 2 heterocycles. The van der Waals surface area contributed by atoms with E-state index in [9.17, 15) is 9.18 Å². The Kier molecular flexibility index (Phi) is 3.53. The largest absolute Gasteiger partial charge is 0.366 e. The number of amides is 1. The number of hydrogen-bond acceptors (Lipinski definition) is 3. The Bertz CT molecular complexity index is 780. The number of aromatic nitrogens is 2. The predicted octanol–water partition coefficient (Wildman–Crippen LogP) is 2.90. The highest BCUT2D eigenvalue weighted by molar-refractivity contribution is 7.13. The number of hydrogen-bond donors (Lipinski definition) is 1. The number of nitrogens with zero attached hydrogens (tertiary/aromatic N) is 2. The van der Waals surface area contributed by atoms with E-state index in [4.69, 9.17) is 5.73 Å². The Morgan fingerprint density at radius 3 is 2.95 bits per heavy atom.